The van der Waals surface area contributed by atoms with Crippen LogP contribution in [0.5, 0.6) is 5.75 Å². The van der Waals surface area contributed by atoms with Gasteiger partial charge in [0.2, 0.25) is 0 Å². The molecule has 14 heavy (non-hydrogen) atoms. The minimum absolute atomic E-state index is 0.0298. The maximum atomic E-state index is 5.65. The number of rotatable bonds is 5. The molecule has 1 unspecified atom stereocenters. The van der Waals surface area contributed by atoms with Crippen LogP contribution < -0.4 is 16.2 Å². The Morgan fingerprint density at radius 3 is 2.86 bits per heavy atom. The topological polar surface area (TPSA) is 61.3 Å². The smallest absolute Gasteiger partial charge is 0.120 e. The fraction of sp³-hybridized carbons (Fsp3) is 0.400. The van der Waals surface area contributed by atoms with E-state index in [2.05, 4.69) is 15.9 Å². The zero-order valence-electron chi connectivity index (χ0n) is 7.95. The molecular formula is C10H15BrN2O. The molecule has 0 saturated heterocycles. The quantitative estimate of drug-likeness (QED) is 0.842. The molecule has 0 aromatic heterocycles. The summed E-state index contributed by atoms with van der Waals surface area (Å²) in [6.07, 6.45) is 0.781. The maximum Gasteiger partial charge on any atom is 0.120 e. The van der Waals surface area contributed by atoms with E-state index in [0.29, 0.717) is 13.2 Å². The van der Waals surface area contributed by atoms with E-state index in [1.807, 2.05) is 24.3 Å². The van der Waals surface area contributed by atoms with Crippen molar-refractivity contribution >= 4 is 15.9 Å². The predicted molar refractivity (Wildman–Crippen MR) is 61.3 cm³/mol. The molecule has 1 atom stereocenters. The van der Waals surface area contributed by atoms with Crippen molar-refractivity contribution in [2.75, 3.05) is 13.2 Å². The van der Waals surface area contributed by atoms with Crippen LogP contribution in [0.2, 0.25) is 0 Å². The predicted octanol–water partition coefficient (Wildman–Crippen LogP) is 1.50. The van der Waals surface area contributed by atoms with Crippen LogP contribution in [-0.2, 0) is 0 Å². The normalized spacial score (nSPS) is 12.5. The zero-order valence-corrected chi connectivity index (χ0v) is 9.53. The Balaban J connectivity index is 2.31. The van der Waals surface area contributed by atoms with Crippen LogP contribution in [0, 0.1) is 0 Å². The Hall–Kier alpha value is -0.580. The summed E-state index contributed by atoms with van der Waals surface area (Å²) in [7, 11) is 0. The summed E-state index contributed by atoms with van der Waals surface area (Å²) in [6, 6.07) is 7.76. The summed E-state index contributed by atoms with van der Waals surface area (Å²) >= 11 is 3.37. The second kappa shape index (κ2) is 6.01. The lowest BCUT2D eigenvalue weighted by atomic mass is 10.2. The SMILES string of the molecule is NCC(N)CCOc1cccc(Br)c1. The van der Waals surface area contributed by atoms with Gasteiger partial charge in [-0.1, -0.05) is 22.0 Å². The molecule has 0 spiro atoms. The van der Waals surface area contributed by atoms with Gasteiger partial charge >= 0.3 is 0 Å². The molecule has 0 amide bonds. The van der Waals surface area contributed by atoms with Gasteiger partial charge in [-0.15, -0.1) is 0 Å². The molecule has 0 bridgehead atoms. The van der Waals surface area contributed by atoms with E-state index >= 15 is 0 Å². The first kappa shape index (κ1) is 11.5. The highest BCUT2D eigenvalue weighted by molar-refractivity contribution is 9.10. The molecule has 1 aromatic rings. The fourth-order valence-electron chi connectivity index (χ4n) is 1.00. The van der Waals surface area contributed by atoms with E-state index in [-0.39, 0.29) is 6.04 Å². The first-order chi connectivity index (χ1) is 6.72. The molecule has 0 heterocycles. The van der Waals surface area contributed by atoms with Gasteiger partial charge in [-0.25, -0.2) is 0 Å². The van der Waals surface area contributed by atoms with Gasteiger partial charge in [0.25, 0.3) is 0 Å². The number of hydrogen-bond donors (Lipinski definition) is 2. The van der Waals surface area contributed by atoms with E-state index < -0.39 is 0 Å². The van der Waals surface area contributed by atoms with Gasteiger partial charge in [0.05, 0.1) is 6.61 Å². The highest BCUT2D eigenvalue weighted by Crippen LogP contribution is 2.17. The van der Waals surface area contributed by atoms with Crippen LogP contribution in [-0.4, -0.2) is 19.2 Å². The lowest BCUT2D eigenvalue weighted by Crippen LogP contribution is -2.31. The average Bonchev–Trinajstić information content (AvgIpc) is 2.17. The van der Waals surface area contributed by atoms with E-state index in [0.717, 1.165) is 16.6 Å². The Morgan fingerprint density at radius 2 is 2.21 bits per heavy atom. The van der Waals surface area contributed by atoms with Gasteiger partial charge in [0, 0.05) is 17.1 Å². The van der Waals surface area contributed by atoms with Crippen molar-refractivity contribution in [2.24, 2.45) is 11.5 Å². The van der Waals surface area contributed by atoms with Crippen molar-refractivity contribution < 1.29 is 4.74 Å². The molecule has 0 saturated carbocycles. The van der Waals surface area contributed by atoms with Crippen molar-refractivity contribution in [3.05, 3.63) is 28.7 Å². The molecule has 0 aliphatic rings. The number of hydrogen-bond acceptors (Lipinski definition) is 3. The Labute approximate surface area is 92.6 Å². The third-order valence-corrected chi connectivity index (χ3v) is 2.35. The molecule has 3 nitrogen and oxygen atoms in total. The van der Waals surface area contributed by atoms with E-state index in [9.17, 15) is 0 Å². The lowest BCUT2D eigenvalue weighted by Gasteiger charge is -2.10. The lowest BCUT2D eigenvalue weighted by molar-refractivity contribution is 0.298. The monoisotopic (exact) mass is 258 g/mol. The van der Waals surface area contributed by atoms with Gasteiger partial charge < -0.3 is 16.2 Å². The summed E-state index contributed by atoms with van der Waals surface area (Å²) < 4.78 is 6.51. The number of halogens is 1. The van der Waals surface area contributed by atoms with Gasteiger partial charge in [-0.05, 0) is 24.6 Å². The van der Waals surface area contributed by atoms with Crippen molar-refractivity contribution in [2.45, 2.75) is 12.5 Å². The first-order valence-electron chi connectivity index (χ1n) is 4.56. The number of benzene rings is 1. The van der Waals surface area contributed by atoms with Gasteiger partial charge in [-0.3, -0.25) is 0 Å². The second-order valence-electron chi connectivity index (χ2n) is 3.09. The fourth-order valence-corrected chi connectivity index (χ4v) is 1.38. The Morgan fingerprint density at radius 1 is 1.43 bits per heavy atom. The Kier molecular flexibility index (Phi) is 4.93. The molecule has 1 aromatic carbocycles. The van der Waals surface area contributed by atoms with Crippen molar-refractivity contribution in [1.29, 1.82) is 0 Å². The van der Waals surface area contributed by atoms with Crippen LogP contribution in [0.3, 0.4) is 0 Å². The summed E-state index contributed by atoms with van der Waals surface area (Å²) in [5.41, 5.74) is 11.0. The third kappa shape index (κ3) is 4.09. The molecule has 0 radical (unpaired) electrons. The summed E-state index contributed by atoms with van der Waals surface area (Å²) in [6.45, 7) is 1.11. The number of ether oxygens (including phenoxy) is 1. The zero-order chi connectivity index (χ0) is 10.4. The molecule has 1 rings (SSSR count). The Bertz CT molecular complexity index is 281. The van der Waals surface area contributed by atoms with Crippen LogP contribution in [0.1, 0.15) is 6.42 Å². The molecular weight excluding hydrogens is 244 g/mol. The van der Waals surface area contributed by atoms with E-state index in [4.69, 9.17) is 16.2 Å². The van der Waals surface area contributed by atoms with Crippen LogP contribution in [0.25, 0.3) is 0 Å². The summed E-state index contributed by atoms with van der Waals surface area (Å²) in [4.78, 5) is 0. The average molecular weight is 259 g/mol. The summed E-state index contributed by atoms with van der Waals surface area (Å²) in [5.74, 6) is 0.851. The van der Waals surface area contributed by atoms with Gasteiger partial charge in [0.1, 0.15) is 5.75 Å². The van der Waals surface area contributed by atoms with Gasteiger partial charge in [-0.2, -0.15) is 0 Å². The van der Waals surface area contributed by atoms with Crippen molar-refractivity contribution in [3.63, 3.8) is 0 Å². The highest BCUT2D eigenvalue weighted by Gasteiger charge is 1.99. The minimum Gasteiger partial charge on any atom is -0.493 e. The second-order valence-corrected chi connectivity index (χ2v) is 4.01. The van der Waals surface area contributed by atoms with Crippen LogP contribution in [0.4, 0.5) is 0 Å². The van der Waals surface area contributed by atoms with Crippen molar-refractivity contribution in [3.8, 4) is 5.75 Å². The molecule has 0 fully saturated rings. The molecule has 4 N–H and O–H groups in total. The largest absolute Gasteiger partial charge is 0.493 e. The van der Waals surface area contributed by atoms with Crippen LogP contribution in [0.15, 0.2) is 28.7 Å². The summed E-state index contributed by atoms with van der Waals surface area (Å²) in [5, 5.41) is 0. The third-order valence-electron chi connectivity index (χ3n) is 1.86. The van der Waals surface area contributed by atoms with Gasteiger partial charge in [0.15, 0.2) is 0 Å². The molecule has 0 aliphatic carbocycles. The van der Waals surface area contributed by atoms with Crippen LogP contribution >= 0.6 is 15.9 Å². The standard InChI is InChI=1S/C10H15BrN2O/c11-8-2-1-3-10(6-8)14-5-4-9(13)7-12/h1-3,6,9H,4-5,7,12-13H2. The molecule has 78 valence electrons. The first-order valence-corrected chi connectivity index (χ1v) is 5.35. The van der Waals surface area contributed by atoms with Crippen molar-refractivity contribution in [1.82, 2.24) is 0 Å². The highest BCUT2D eigenvalue weighted by atomic mass is 79.9. The molecule has 4 heteroatoms. The van der Waals surface area contributed by atoms with E-state index in [1.54, 1.807) is 0 Å². The van der Waals surface area contributed by atoms with E-state index in [1.165, 1.54) is 0 Å². The minimum atomic E-state index is 0.0298. The number of nitrogens with two attached hydrogens (primary N) is 2. The molecule has 0 aliphatic heterocycles. The maximum absolute atomic E-state index is 5.65.